The normalized spacial score (nSPS) is 10.4. The number of thiol groups is 1. The third-order valence-corrected chi connectivity index (χ3v) is 2.83. The number of amides is 1. The number of aromatic nitrogens is 2. The molecule has 0 radical (unpaired) electrons. The molecule has 0 aliphatic carbocycles. The molecule has 1 aromatic carbocycles. The number of halogens is 1. The second kappa shape index (κ2) is 5.22. The lowest BCUT2D eigenvalue weighted by Gasteiger charge is -2.07. The van der Waals surface area contributed by atoms with Gasteiger partial charge in [0.05, 0.1) is 17.8 Å². The molecule has 2 rings (SSSR count). The van der Waals surface area contributed by atoms with Crippen LogP contribution >= 0.6 is 12.6 Å². The maximum Gasteiger partial charge on any atom is 0.254 e. The van der Waals surface area contributed by atoms with E-state index in [1.807, 2.05) is 0 Å². The molecule has 1 aromatic heterocycles. The molecule has 0 atom stereocenters. The highest BCUT2D eigenvalue weighted by Crippen LogP contribution is 2.13. The number of nitrogens with one attached hydrogen (secondary N) is 1. The van der Waals surface area contributed by atoms with E-state index in [1.165, 1.54) is 18.2 Å². The van der Waals surface area contributed by atoms with Crippen molar-refractivity contribution in [3.8, 4) is 0 Å². The van der Waals surface area contributed by atoms with E-state index in [0.29, 0.717) is 11.4 Å². The van der Waals surface area contributed by atoms with Crippen molar-refractivity contribution in [2.24, 2.45) is 7.05 Å². The van der Waals surface area contributed by atoms with Crippen LogP contribution in [0.25, 0.3) is 0 Å². The highest BCUT2D eigenvalue weighted by Gasteiger charge is 2.12. The molecule has 0 fully saturated rings. The number of carbonyl (C=O) groups excluding carboxylic acids is 1. The first-order chi connectivity index (χ1) is 8.58. The van der Waals surface area contributed by atoms with Crippen LogP contribution in [-0.4, -0.2) is 15.7 Å². The van der Waals surface area contributed by atoms with Crippen molar-refractivity contribution in [1.29, 1.82) is 0 Å². The predicted molar refractivity (Wildman–Crippen MR) is 68.0 cm³/mol. The zero-order valence-corrected chi connectivity index (χ0v) is 10.6. The molecule has 0 aliphatic rings. The van der Waals surface area contributed by atoms with Crippen molar-refractivity contribution in [2.75, 3.05) is 0 Å². The van der Waals surface area contributed by atoms with Gasteiger partial charge in [0, 0.05) is 18.1 Å². The van der Waals surface area contributed by atoms with Gasteiger partial charge in [-0.05, 0) is 24.3 Å². The molecule has 6 heteroatoms. The van der Waals surface area contributed by atoms with Gasteiger partial charge in [0.15, 0.2) is 0 Å². The predicted octanol–water partition coefficient (Wildman–Crippen LogP) is 1.78. The highest BCUT2D eigenvalue weighted by molar-refractivity contribution is 7.80. The van der Waals surface area contributed by atoms with Crippen molar-refractivity contribution < 1.29 is 9.18 Å². The van der Waals surface area contributed by atoms with Gasteiger partial charge in [-0.1, -0.05) is 0 Å². The molecule has 0 saturated carbocycles. The fourth-order valence-electron chi connectivity index (χ4n) is 1.53. The minimum absolute atomic E-state index is 0.00957. The Hall–Kier alpha value is -1.82. The molecule has 0 spiro atoms. The van der Waals surface area contributed by atoms with Gasteiger partial charge in [-0.25, -0.2) is 4.39 Å². The average Bonchev–Trinajstić information content (AvgIpc) is 2.75. The van der Waals surface area contributed by atoms with Gasteiger partial charge >= 0.3 is 0 Å². The van der Waals surface area contributed by atoms with E-state index in [-0.39, 0.29) is 5.56 Å². The minimum atomic E-state index is -0.560. The smallest absolute Gasteiger partial charge is 0.254 e. The Bertz CT molecular complexity index is 582. The fourth-order valence-corrected chi connectivity index (χ4v) is 1.73. The van der Waals surface area contributed by atoms with E-state index in [0.717, 1.165) is 5.69 Å². The standard InChI is InChI=1S/C12H12FN3OS/c1-16-8(4-5-15-16)7-14-12(17)10-6-9(18)2-3-11(10)13/h2-6,18H,7H2,1H3,(H,14,17). The van der Waals surface area contributed by atoms with Crippen LogP contribution in [0.3, 0.4) is 0 Å². The van der Waals surface area contributed by atoms with E-state index in [9.17, 15) is 9.18 Å². The zero-order valence-electron chi connectivity index (χ0n) is 9.72. The molecule has 0 bridgehead atoms. The topological polar surface area (TPSA) is 46.9 Å². The molecular formula is C12H12FN3OS. The number of benzene rings is 1. The van der Waals surface area contributed by atoms with Crippen LogP contribution in [0.2, 0.25) is 0 Å². The van der Waals surface area contributed by atoms with Crippen molar-refractivity contribution in [1.82, 2.24) is 15.1 Å². The quantitative estimate of drug-likeness (QED) is 0.831. The van der Waals surface area contributed by atoms with Crippen LogP contribution in [0.1, 0.15) is 16.1 Å². The van der Waals surface area contributed by atoms with Crippen LogP contribution in [0.4, 0.5) is 4.39 Å². The van der Waals surface area contributed by atoms with Crippen LogP contribution in [0, 0.1) is 5.82 Å². The summed E-state index contributed by atoms with van der Waals surface area (Å²) < 4.78 is 15.1. The van der Waals surface area contributed by atoms with E-state index in [4.69, 9.17) is 0 Å². The summed E-state index contributed by atoms with van der Waals surface area (Å²) in [6.45, 7) is 0.297. The minimum Gasteiger partial charge on any atom is -0.346 e. The molecule has 1 amide bonds. The number of nitrogens with zero attached hydrogens (tertiary/aromatic N) is 2. The Labute approximate surface area is 109 Å². The van der Waals surface area contributed by atoms with Crippen molar-refractivity contribution in [2.45, 2.75) is 11.4 Å². The van der Waals surface area contributed by atoms with E-state index in [1.54, 1.807) is 24.0 Å². The van der Waals surface area contributed by atoms with Gasteiger partial charge in [-0.3, -0.25) is 9.48 Å². The number of hydrogen-bond donors (Lipinski definition) is 2. The Morgan fingerprint density at radius 1 is 1.50 bits per heavy atom. The largest absolute Gasteiger partial charge is 0.346 e. The Morgan fingerprint density at radius 3 is 2.94 bits per heavy atom. The van der Waals surface area contributed by atoms with Crippen LogP contribution in [0.15, 0.2) is 35.4 Å². The number of rotatable bonds is 3. The second-order valence-corrected chi connectivity index (χ2v) is 4.31. The summed E-state index contributed by atoms with van der Waals surface area (Å²) in [5, 5.41) is 6.61. The molecule has 18 heavy (non-hydrogen) atoms. The van der Waals surface area contributed by atoms with Crippen LogP contribution in [0.5, 0.6) is 0 Å². The Kier molecular flexibility index (Phi) is 3.66. The molecule has 0 saturated heterocycles. The Balaban J connectivity index is 2.08. The molecule has 1 N–H and O–H groups in total. The maximum atomic E-state index is 13.5. The molecule has 4 nitrogen and oxygen atoms in total. The van der Waals surface area contributed by atoms with Crippen molar-refractivity contribution >= 4 is 18.5 Å². The lowest BCUT2D eigenvalue weighted by molar-refractivity contribution is 0.0945. The molecule has 94 valence electrons. The lowest BCUT2D eigenvalue weighted by Crippen LogP contribution is -2.25. The third-order valence-electron chi connectivity index (χ3n) is 2.55. The number of hydrogen-bond acceptors (Lipinski definition) is 3. The third kappa shape index (κ3) is 2.70. The summed E-state index contributed by atoms with van der Waals surface area (Å²) >= 11 is 4.08. The van der Waals surface area contributed by atoms with Gasteiger partial charge in [0.1, 0.15) is 5.82 Å². The molecule has 1 heterocycles. The van der Waals surface area contributed by atoms with Gasteiger partial charge in [-0.2, -0.15) is 5.10 Å². The highest BCUT2D eigenvalue weighted by atomic mass is 32.1. The van der Waals surface area contributed by atoms with E-state index in [2.05, 4.69) is 23.0 Å². The van der Waals surface area contributed by atoms with E-state index >= 15 is 0 Å². The fraction of sp³-hybridized carbons (Fsp3) is 0.167. The summed E-state index contributed by atoms with van der Waals surface area (Å²) in [5.41, 5.74) is 0.829. The van der Waals surface area contributed by atoms with Crippen LogP contribution < -0.4 is 5.32 Å². The first-order valence-electron chi connectivity index (χ1n) is 5.31. The summed E-state index contributed by atoms with van der Waals surface area (Å²) in [4.78, 5) is 12.4. The zero-order chi connectivity index (χ0) is 13.1. The first kappa shape index (κ1) is 12.6. The molecular weight excluding hydrogens is 253 g/mol. The molecule has 0 unspecified atom stereocenters. The summed E-state index contributed by atoms with van der Waals surface area (Å²) in [6.07, 6.45) is 1.64. The number of carbonyl (C=O) groups is 1. The SMILES string of the molecule is Cn1nccc1CNC(=O)c1cc(S)ccc1F. The maximum absolute atomic E-state index is 13.5. The lowest BCUT2D eigenvalue weighted by atomic mass is 10.2. The summed E-state index contributed by atoms with van der Waals surface area (Å²) in [6, 6.07) is 5.90. The average molecular weight is 265 g/mol. The molecule has 2 aromatic rings. The van der Waals surface area contributed by atoms with Gasteiger partial charge in [0.25, 0.3) is 5.91 Å². The number of aryl methyl sites for hydroxylation is 1. The van der Waals surface area contributed by atoms with Gasteiger partial charge in [0.2, 0.25) is 0 Å². The second-order valence-electron chi connectivity index (χ2n) is 3.79. The summed E-state index contributed by atoms with van der Waals surface area (Å²) in [7, 11) is 1.77. The molecule has 0 aliphatic heterocycles. The van der Waals surface area contributed by atoms with Gasteiger partial charge < -0.3 is 5.32 Å². The summed E-state index contributed by atoms with van der Waals surface area (Å²) in [5.74, 6) is -1.03. The van der Waals surface area contributed by atoms with Crippen molar-refractivity contribution in [3.63, 3.8) is 0 Å². The first-order valence-corrected chi connectivity index (χ1v) is 5.76. The van der Waals surface area contributed by atoms with E-state index < -0.39 is 11.7 Å². The monoisotopic (exact) mass is 265 g/mol. The van der Waals surface area contributed by atoms with Crippen LogP contribution in [-0.2, 0) is 13.6 Å². The van der Waals surface area contributed by atoms with Crippen molar-refractivity contribution in [3.05, 3.63) is 47.5 Å². The Morgan fingerprint density at radius 2 is 2.28 bits per heavy atom. The van der Waals surface area contributed by atoms with Gasteiger partial charge in [-0.15, -0.1) is 12.6 Å².